The molecule has 1 atom stereocenters. The summed E-state index contributed by atoms with van der Waals surface area (Å²) in [5.74, 6) is -0.311. The number of hydrogen-bond donors (Lipinski definition) is 1. The van der Waals surface area contributed by atoms with Crippen molar-refractivity contribution in [3.05, 3.63) is 47.5 Å². The van der Waals surface area contributed by atoms with E-state index in [4.69, 9.17) is 20.2 Å². The van der Waals surface area contributed by atoms with Crippen molar-refractivity contribution >= 4 is 22.5 Å². The van der Waals surface area contributed by atoms with E-state index in [2.05, 4.69) is 4.98 Å². The molecule has 3 aromatic rings. The maximum absolute atomic E-state index is 14.9. The summed E-state index contributed by atoms with van der Waals surface area (Å²) in [5, 5.41) is 0.531. The van der Waals surface area contributed by atoms with Crippen LogP contribution in [0.3, 0.4) is 0 Å². The average Bonchev–Trinajstić information content (AvgIpc) is 3.36. The number of halogens is 1. The molecule has 0 unspecified atom stereocenters. The molecule has 1 fully saturated rings. The van der Waals surface area contributed by atoms with Gasteiger partial charge in [-0.1, -0.05) is 0 Å². The Labute approximate surface area is 166 Å². The summed E-state index contributed by atoms with van der Waals surface area (Å²) in [6.45, 7) is 1.47. The van der Waals surface area contributed by atoms with E-state index in [1.165, 1.54) is 13.2 Å². The highest BCUT2D eigenvalue weighted by Gasteiger charge is 2.38. The first-order chi connectivity index (χ1) is 14.1. The quantitative estimate of drug-likeness (QED) is 0.735. The van der Waals surface area contributed by atoms with Gasteiger partial charge in [-0.3, -0.25) is 4.79 Å². The number of ether oxygens (including phenoxy) is 2. The molecule has 2 N–H and O–H groups in total. The second kappa shape index (κ2) is 6.66. The Bertz CT molecular complexity index is 1140. The molecule has 0 spiro atoms. The molecule has 4 heterocycles. The number of carbonyl (C=O) groups excluding carboxylic acids is 1. The van der Waals surface area contributed by atoms with Crippen molar-refractivity contribution in [2.45, 2.75) is 19.0 Å². The Morgan fingerprint density at radius 1 is 1.31 bits per heavy atom. The van der Waals surface area contributed by atoms with Gasteiger partial charge in [-0.25, -0.2) is 14.4 Å². The molecule has 8 heteroatoms. The summed E-state index contributed by atoms with van der Waals surface area (Å²) in [4.78, 5) is 23.6. The zero-order valence-electron chi connectivity index (χ0n) is 15.8. The third kappa shape index (κ3) is 2.63. The fourth-order valence-electron chi connectivity index (χ4n) is 4.17. The van der Waals surface area contributed by atoms with Crippen LogP contribution in [0.5, 0.6) is 5.88 Å². The normalized spacial score (nSPS) is 18.5. The number of rotatable bonds is 3. The van der Waals surface area contributed by atoms with Gasteiger partial charge in [0.2, 0.25) is 5.88 Å². The first-order valence-corrected chi connectivity index (χ1v) is 9.38. The van der Waals surface area contributed by atoms with Gasteiger partial charge in [0.25, 0.3) is 5.91 Å². The Kier molecular flexibility index (Phi) is 4.09. The van der Waals surface area contributed by atoms with Gasteiger partial charge >= 0.3 is 0 Å². The Hall–Kier alpha value is -3.26. The topological polar surface area (TPSA) is 90.6 Å². The van der Waals surface area contributed by atoms with Gasteiger partial charge in [-0.15, -0.1) is 0 Å². The smallest absolute Gasteiger partial charge is 0.258 e. The van der Waals surface area contributed by atoms with Gasteiger partial charge in [-0.2, -0.15) is 0 Å². The molecule has 148 valence electrons. The zero-order chi connectivity index (χ0) is 20.1. The van der Waals surface area contributed by atoms with E-state index in [9.17, 15) is 9.18 Å². The first-order valence-electron chi connectivity index (χ1n) is 9.38. The first kappa shape index (κ1) is 17.8. The lowest BCUT2D eigenvalue weighted by Gasteiger charge is -2.21. The molecule has 29 heavy (non-hydrogen) atoms. The van der Waals surface area contributed by atoms with E-state index in [0.29, 0.717) is 59.0 Å². The molecule has 0 aliphatic carbocycles. The SMILES string of the molecule is COc1ncccc1-c1c(F)ccc2c(N)c3c(nc12)CN([C@@H]1CCOC1)C3=O. The summed E-state index contributed by atoms with van der Waals surface area (Å²) in [6, 6.07) is 6.33. The molecule has 1 aromatic carbocycles. The standard InChI is InChI=1S/C21H19FN4O3/c1-28-20-12(3-2-7-24-20)16-14(22)5-4-13-18(23)17-15(25-19(13)16)9-26(21(17)27)11-6-8-29-10-11/h2-5,7,11H,6,8-10H2,1H3,(H2,23,25)/t11-/m1/s1. The monoisotopic (exact) mass is 394 g/mol. The Morgan fingerprint density at radius 2 is 2.17 bits per heavy atom. The minimum atomic E-state index is -0.457. The molecule has 2 aromatic heterocycles. The van der Waals surface area contributed by atoms with Crippen LogP contribution >= 0.6 is 0 Å². The van der Waals surface area contributed by atoms with Crippen LogP contribution in [0.15, 0.2) is 30.5 Å². The number of carbonyl (C=O) groups is 1. The summed E-state index contributed by atoms with van der Waals surface area (Å²) < 4.78 is 25.7. The number of pyridine rings is 2. The molecule has 2 aliphatic heterocycles. The highest BCUT2D eigenvalue weighted by Crippen LogP contribution is 2.40. The van der Waals surface area contributed by atoms with Crippen molar-refractivity contribution in [3.63, 3.8) is 0 Å². The molecule has 0 radical (unpaired) electrons. The van der Waals surface area contributed by atoms with Gasteiger partial charge in [0.15, 0.2) is 0 Å². The van der Waals surface area contributed by atoms with Crippen LogP contribution < -0.4 is 10.5 Å². The number of hydrogen-bond acceptors (Lipinski definition) is 6. The van der Waals surface area contributed by atoms with E-state index in [1.54, 1.807) is 29.3 Å². The molecular formula is C21H19FN4O3. The maximum Gasteiger partial charge on any atom is 0.258 e. The molecule has 0 bridgehead atoms. The van der Waals surface area contributed by atoms with Gasteiger partial charge in [0, 0.05) is 29.3 Å². The molecule has 7 nitrogen and oxygen atoms in total. The lowest BCUT2D eigenvalue weighted by atomic mass is 9.99. The number of nitrogen functional groups attached to an aromatic ring is 1. The zero-order valence-corrected chi connectivity index (χ0v) is 15.8. The molecule has 2 aliphatic rings. The molecule has 0 saturated carbocycles. The highest BCUT2D eigenvalue weighted by molar-refractivity contribution is 6.11. The number of nitrogens with zero attached hydrogens (tertiary/aromatic N) is 3. The number of nitrogens with two attached hydrogens (primary N) is 1. The number of fused-ring (bicyclic) bond motifs is 2. The Balaban J connectivity index is 1.73. The minimum Gasteiger partial charge on any atom is -0.481 e. The second-order valence-electron chi connectivity index (χ2n) is 7.18. The molecule has 1 saturated heterocycles. The largest absolute Gasteiger partial charge is 0.481 e. The van der Waals surface area contributed by atoms with E-state index in [-0.39, 0.29) is 17.5 Å². The third-order valence-electron chi connectivity index (χ3n) is 5.60. The van der Waals surface area contributed by atoms with Crippen LogP contribution in [-0.4, -0.2) is 47.1 Å². The lowest BCUT2D eigenvalue weighted by Crippen LogP contribution is -2.35. The average molecular weight is 394 g/mol. The van der Waals surface area contributed by atoms with Crippen LogP contribution in [0.1, 0.15) is 22.5 Å². The number of benzene rings is 1. The van der Waals surface area contributed by atoms with Gasteiger partial charge in [0.05, 0.1) is 48.8 Å². The van der Waals surface area contributed by atoms with E-state index in [1.807, 2.05) is 0 Å². The van der Waals surface area contributed by atoms with Crippen LogP contribution in [0.2, 0.25) is 0 Å². The van der Waals surface area contributed by atoms with Crippen molar-refractivity contribution in [2.75, 3.05) is 26.1 Å². The predicted molar refractivity (Wildman–Crippen MR) is 105 cm³/mol. The minimum absolute atomic E-state index is 0.00818. The summed E-state index contributed by atoms with van der Waals surface area (Å²) in [7, 11) is 1.48. The van der Waals surface area contributed by atoms with E-state index in [0.717, 1.165) is 6.42 Å². The second-order valence-corrected chi connectivity index (χ2v) is 7.18. The fourth-order valence-corrected chi connectivity index (χ4v) is 4.17. The van der Waals surface area contributed by atoms with Crippen LogP contribution in [0.4, 0.5) is 10.1 Å². The fraction of sp³-hybridized carbons (Fsp3) is 0.286. The third-order valence-corrected chi connectivity index (χ3v) is 5.60. The number of anilines is 1. The van der Waals surface area contributed by atoms with Crippen molar-refractivity contribution in [3.8, 4) is 17.0 Å². The number of methoxy groups -OCH3 is 1. The molecule has 1 amide bonds. The molecule has 5 rings (SSSR count). The highest BCUT2D eigenvalue weighted by atomic mass is 19.1. The van der Waals surface area contributed by atoms with Gasteiger partial charge in [0.1, 0.15) is 5.82 Å². The summed E-state index contributed by atoms with van der Waals surface area (Å²) in [6.07, 6.45) is 2.36. The van der Waals surface area contributed by atoms with Crippen molar-refractivity contribution in [2.24, 2.45) is 0 Å². The van der Waals surface area contributed by atoms with E-state index >= 15 is 0 Å². The lowest BCUT2D eigenvalue weighted by molar-refractivity contribution is 0.0679. The predicted octanol–water partition coefficient (Wildman–Crippen LogP) is 2.77. The van der Waals surface area contributed by atoms with Crippen molar-refractivity contribution in [1.29, 1.82) is 0 Å². The maximum atomic E-state index is 14.9. The number of amides is 1. The van der Waals surface area contributed by atoms with Crippen molar-refractivity contribution in [1.82, 2.24) is 14.9 Å². The van der Waals surface area contributed by atoms with Crippen LogP contribution in [0, 0.1) is 5.82 Å². The number of aromatic nitrogens is 2. The van der Waals surface area contributed by atoms with Crippen molar-refractivity contribution < 1.29 is 18.7 Å². The van der Waals surface area contributed by atoms with Crippen LogP contribution in [-0.2, 0) is 11.3 Å². The molecular weight excluding hydrogens is 375 g/mol. The Morgan fingerprint density at radius 3 is 2.93 bits per heavy atom. The summed E-state index contributed by atoms with van der Waals surface area (Å²) >= 11 is 0. The van der Waals surface area contributed by atoms with Crippen LogP contribution in [0.25, 0.3) is 22.0 Å². The van der Waals surface area contributed by atoms with Gasteiger partial charge in [-0.05, 0) is 30.7 Å². The van der Waals surface area contributed by atoms with Gasteiger partial charge < -0.3 is 20.1 Å². The van der Waals surface area contributed by atoms with E-state index < -0.39 is 5.82 Å². The summed E-state index contributed by atoms with van der Waals surface area (Å²) in [5.41, 5.74) is 8.82.